The minimum Gasteiger partial charge on any atom is -0.508 e. The van der Waals surface area contributed by atoms with Crippen molar-refractivity contribution in [1.29, 1.82) is 0 Å². The predicted molar refractivity (Wildman–Crippen MR) is 200 cm³/mol. The molecule has 1 spiro atoms. The molecule has 1 saturated carbocycles. The van der Waals surface area contributed by atoms with Gasteiger partial charge in [0.2, 0.25) is 17.2 Å². The molecule has 9 unspecified atom stereocenters. The van der Waals surface area contributed by atoms with E-state index in [0.717, 1.165) is 29.0 Å². The van der Waals surface area contributed by atoms with Crippen molar-refractivity contribution in [2.75, 3.05) is 26.3 Å². The maximum atomic E-state index is 13.5. The van der Waals surface area contributed by atoms with E-state index in [1.54, 1.807) is 19.2 Å². The van der Waals surface area contributed by atoms with Crippen LogP contribution in [0.1, 0.15) is 49.0 Å². The zero-order chi connectivity index (χ0) is 39.4. The minimum atomic E-state index is -2.25. The lowest BCUT2D eigenvalue weighted by Gasteiger charge is -2.49. The van der Waals surface area contributed by atoms with Crippen LogP contribution in [0.25, 0.3) is 11.0 Å². The molecule has 298 valence electrons. The van der Waals surface area contributed by atoms with E-state index in [1.807, 2.05) is 12.3 Å². The molecule has 8 rings (SSSR count). The summed E-state index contributed by atoms with van der Waals surface area (Å²) in [5, 5.41) is 66.6. The van der Waals surface area contributed by atoms with Crippen LogP contribution in [0.4, 0.5) is 5.69 Å². The van der Waals surface area contributed by atoms with Crippen LogP contribution in [0.15, 0.2) is 74.7 Å². The third kappa shape index (κ3) is 7.18. The van der Waals surface area contributed by atoms with Gasteiger partial charge in [-0.05, 0) is 74.3 Å². The van der Waals surface area contributed by atoms with Gasteiger partial charge < -0.3 is 45.1 Å². The van der Waals surface area contributed by atoms with E-state index in [2.05, 4.69) is 10.3 Å². The topological polar surface area (TPSA) is 225 Å². The zero-order valence-electron chi connectivity index (χ0n) is 31.0. The molecule has 1 saturated heterocycles. The van der Waals surface area contributed by atoms with Crippen LogP contribution in [-0.2, 0) is 27.4 Å². The molecule has 4 aliphatic heterocycles. The number of quaternary nitrogens is 1. The minimum absolute atomic E-state index is 0.00739. The van der Waals surface area contributed by atoms with Crippen LogP contribution in [0.5, 0.6) is 11.5 Å². The van der Waals surface area contributed by atoms with Gasteiger partial charge in [-0.3, -0.25) is 19.5 Å². The molecule has 0 radical (unpaired) electrons. The monoisotopic (exact) mass is 774 g/mol. The number of allylic oxidation sites excluding steroid dienone is 1. The lowest BCUT2D eigenvalue weighted by molar-refractivity contribution is -0.759. The van der Waals surface area contributed by atoms with Gasteiger partial charge in [0.1, 0.15) is 72.2 Å². The highest BCUT2D eigenvalue weighted by atomic mass is 17.2. The molecule has 56 heavy (non-hydrogen) atoms. The van der Waals surface area contributed by atoms with Crippen LogP contribution in [-0.4, -0.2) is 104 Å². The average Bonchev–Trinajstić information content (AvgIpc) is 3.92. The highest BCUT2D eigenvalue weighted by Crippen LogP contribution is 2.50. The molecule has 15 nitrogen and oxygen atoms in total. The Morgan fingerprint density at radius 3 is 2.66 bits per heavy atom. The van der Waals surface area contributed by atoms with Gasteiger partial charge in [0.15, 0.2) is 11.2 Å². The number of hydrogen-bond donors (Lipinski definition) is 8. The molecular weight excluding hydrogens is 726 g/mol. The molecule has 1 amide bonds. The van der Waals surface area contributed by atoms with Crippen LogP contribution >= 0.6 is 0 Å². The summed E-state index contributed by atoms with van der Waals surface area (Å²) >= 11 is 0. The summed E-state index contributed by atoms with van der Waals surface area (Å²) in [5.41, 5.74) is 0.698. The molecule has 2 fully saturated rings. The average molecular weight is 775 g/mol. The maximum absolute atomic E-state index is 13.5. The number of aliphatic hydroxyl groups excluding tert-OH is 4. The third-order valence-corrected chi connectivity index (χ3v) is 12.1. The number of nitrogens with one attached hydrogen (secondary N) is 2. The van der Waals surface area contributed by atoms with E-state index in [4.69, 9.17) is 18.9 Å². The number of phenols is 1. The van der Waals surface area contributed by atoms with Gasteiger partial charge in [0.25, 0.3) is 0 Å². The third-order valence-electron chi connectivity index (χ3n) is 12.1. The molecule has 5 aliphatic rings. The van der Waals surface area contributed by atoms with Crippen LogP contribution in [0.2, 0.25) is 0 Å². The van der Waals surface area contributed by atoms with E-state index < -0.39 is 48.8 Å². The maximum Gasteiger partial charge on any atom is 0.222 e. The number of ether oxygens (including phenoxy) is 1. The van der Waals surface area contributed by atoms with Gasteiger partial charge in [-0.1, -0.05) is 12.1 Å². The summed E-state index contributed by atoms with van der Waals surface area (Å²) in [6.07, 6.45) is 2.31. The molecule has 0 bridgehead atoms. The van der Waals surface area contributed by atoms with Crippen molar-refractivity contribution >= 4 is 28.3 Å². The van der Waals surface area contributed by atoms with Crippen molar-refractivity contribution in [3.8, 4) is 11.5 Å². The molecule has 15 heteroatoms. The van der Waals surface area contributed by atoms with E-state index in [9.17, 15) is 40.2 Å². The standard InChI is InChI=1S/C41H47N3O12/c1-22-11-31(47)29-12-26-13-33(56-53-21-40(52,39(51)36(50)32(48)20-45)15-23-4-6-28(46)7-5-23)41(9-2-3-24(16-41)27-14-34(49)43-17-27)55-37(26)35(38(29)54-22)44-18-25-8-10-42-30(25)19-44/h4-8,10-12,18,24,27,32-33,36,39,45-46,48,50-52H,2-3,9,13-17,19-21H2,1H3,(H,43,49)/p+1. The number of amides is 1. The SMILES string of the molecule is Cc1cc(=O)c2cc3c(c([NH+]4C=C5C=CN=C5C4)c2o1)OC1(CCCC(C2CNC(=O)C2)C1)C(OOCC(O)(Cc1ccc(O)cc1)C(O)C(O)C(O)CO)C3. The number of rotatable bonds is 12. The Labute approximate surface area is 322 Å². The zero-order valence-corrected chi connectivity index (χ0v) is 31.0. The van der Waals surface area contributed by atoms with Crippen LogP contribution < -0.4 is 20.4 Å². The first kappa shape index (κ1) is 38.4. The number of phenolic OH excluding ortho intramolecular Hbond substituents is 1. The Bertz CT molecular complexity index is 2150. The second kappa shape index (κ2) is 15.1. The number of benzene rings is 2. The molecular formula is C41H48N3O12+. The van der Waals surface area contributed by atoms with Crippen molar-refractivity contribution in [3.05, 3.63) is 87.6 Å². The van der Waals surface area contributed by atoms with Gasteiger partial charge in [-0.2, -0.15) is 0 Å². The quantitative estimate of drug-likeness (QED) is 0.0934. The Balaban J connectivity index is 1.16. The lowest BCUT2D eigenvalue weighted by Crippen LogP contribution is -3.01. The number of hydrogen-bond acceptors (Lipinski definition) is 13. The van der Waals surface area contributed by atoms with Crippen molar-refractivity contribution in [2.45, 2.75) is 87.5 Å². The Hall–Kier alpha value is -4.45. The van der Waals surface area contributed by atoms with Gasteiger partial charge in [-0.15, -0.1) is 0 Å². The number of nitrogens with zero attached hydrogens (tertiary/aromatic N) is 1. The van der Waals surface area contributed by atoms with Crippen molar-refractivity contribution in [3.63, 3.8) is 0 Å². The summed E-state index contributed by atoms with van der Waals surface area (Å²) in [6, 6.07) is 9.09. The normalized spacial score (nSPS) is 28.2. The number of aliphatic hydroxyl groups is 5. The fraction of sp³-hybridized carbons (Fsp3) is 0.488. The molecule has 3 aromatic rings. The molecule has 2 aromatic carbocycles. The first-order valence-electron chi connectivity index (χ1n) is 19.2. The number of carbonyl (C=O) groups excluding carboxylic acids is 1. The van der Waals surface area contributed by atoms with Crippen molar-refractivity contribution in [1.82, 2.24) is 5.32 Å². The fourth-order valence-corrected chi connectivity index (χ4v) is 9.14. The van der Waals surface area contributed by atoms with Gasteiger partial charge in [0.05, 0.1) is 17.6 Å². The molecule has 9 atom stereocenters. The van der Waals surface area contributed by atoms with Crippen molar-refractivity contribution < 1.29 is 59.3 Å². The van der Waals surface area contributed by atoms with Gasteiger partial charge in [-0.25, -0.2) is 9.78 Å². The highest BCUT2D eigenvalue weighted by Gasteiger charge is 2.53. The second-order valence-electron chi connectivity index (χ2n) is 16.0. The molecule has 1 aliphatic carbocycles. The second-order valence-corrected chi connectivity index (χ2v) is 16.0. The van der Waals surface area contributed by atoms with Crippen LogP contribution in [0.3, 0.4) is 0 Å². The Kier molecular flexibility index (Phi) is 10.4. The fourth-order valence-electron chi connectivity index (χ4n) is 9.14. The van der Waals surface area contributed by atoms with E-state index in [-0.39, 0.29) is 41.8 Å². The first-order chi connectivity index (χ1) is 26.9. The van der Waals surface area contributed by atoms with E-state index >= 15 is 0 Å². The summed E-state index contributed by atoms with van der Waals surface area (Å²) in [7, 11) is 0. The number of aliphatic imine (C=N–C) groups is 1. The predicted octanol–water partition coefficient (Wildman–Crippen LogP) is 0.555. The van der Waals surface area contributed by atoms with Crippen LogP contribution in [0, 0.1) is 18.8 Å². The summed E-state index contributed by atoms with van der Waals surface area (Å²) < 4.78 is 13.6. The lowest BCUT2D eigenvalue weighted by atomic mass is 9.68. The summed E-state index contributed by atoms with van der Waals surface area (Å²) in [5.74, 6) is 1.22. The summed E-state index contributed by atoms with van der Waals surface area (Å²) in [4.78, 5) is 43.4. The van der Waals surface area contributed by atoms with E-state index in [1.165, 1.54) is 30.3 Å². The number of carbonyl (C=O) groups is 1. The van der Waals surface area contributed by atoms with Gasteiger partial charge in [0, 0.05) is 43.6 Å². The smallest absolute Gasteiger partial charge is 0.222 e. The van der Waals surface area contributed by atoms with Gasteiger partial charge >= 0.3 is 0 Å². The number of aryl methyl sites for hydroxylation is 1. The molecule has 8 N–H and O–H groups in total. The molecule has 1 aromatic heterocycles. The largest absolute Gasteiger partial charge is 0.508 e. The van der Waals surface area contributed by atoms with E-state index in [0.29, 0.717) is 71.6 Å². The Morgan fingerprint density at radius 2 is 1.93 bits per heavy atom. The van der Waals surface area contributed by atoms with Crippen molar-refractivity contribution in [2.24, 2.45) is 16.8 Å². The highest BCUT2D eigenvalue weighted by molar-refractivity contribution is 6.07. The molecule has 5 heterocycles. The number of aromatic hydroxyl groups is 1. The summed E-state index contributed by atoms with van der Waals surface area (Å²) in [6.45, 7) is 1.26. The number of fused-ring (bicyclic) bond motifs is 3. The Morgan fingerprint density at radius 1 is 1.12 bits per heavy atom. The first-order valence-corrected chi connectivity index (χ1v) is 19.2.